The van der Waals surface area contributed by atoms with Crippen molar-refractivity contribution in [2.45, 2.75) is 25.9 Å². The van der Waals surface area contributed by atoms with Crippen LogP contribution in [-0.4, -0.2) is 36.2 Å². The van der Waals surface area contributed by atoms with Crippen LogP contribution in [0.15, 0.2) is 24.3 Å². The second kappa shape index (κ2) is 5.48. The number of para-hydroxylation sites is 1. The zero-order chi connectivity index (χ0) is 15.0. The molecule has 21 heavy (non-hydrogen) atoms. The highest BCUT2D eigenvalue weighted by molar-refractivity contribution is 5.97. The summed E-state index contributed by atoms with van der Waals surface area (Å²) in [4.78, 5) is 25.7. The third-order valence-electron chi connectivity index (χ3n) is 4.31. The normalized spacial score (nSPS) is 28.2. The molecule has 1 fully saturated rings. The van der Waals surface area contributed by atoms with Crippen molar-refractivity contribution in [2.75, 3.05) is 18.1 Å². The van der Waals surface area contributed by atoms with E-state index >= 15 is 0 Å². The number of amides is 1. The molecule has 2 heterocycles. The topological polar surface area (TPSA) is 66.8 Å². The monoisotopic (exact) mass is 289 g/mol. The number of hydrogen-bond acceptors (Lipinski definition) is 3. The predicted molar refractivity (Wildman–Crippen MR) is 77.1 cm³/mol. The van der Waals surface area contributed by atoms with Gasteiger partial charge in [0.2, 0.25) is 5.91 Å². The highest BCUT2D eigenvalue weighted by Crippen LogP contribution is 2.32. The molecule has 0 aromatic heterocycles. The van der Waals surface area contributed by atoms with Gasteiger partial charge in [-0.3, -0.25) is 9.59 Å². The average molecular weight is 289 g/mol. The Kier molecular flexibility index (Phi) is 3.68. The van der Waals surface area contributed by atoms with Crippen LogP contribution in [-0.2, 0) is 20.7 Å². The van der Waals surface area contributed by atoms with Gasteiger partial charge < -0.3 is 14.7 Å². The fourth-order valence-corrected chi connectivity index (χ4v) is 3.18. The van der Waals surface area contributed by atoms with Crippen LogP contribution in [0, 0.1) is 11.8 Å². The molecule has 1 N–H and O–H groups in total. The summed E-state index contributed by atoms with van der Waals surface area (Å²) >= 11 is 0. The number of fused-ring (bicyclic) bond motifs is 1. The van der Waals surface area contributed by atoms with Crippen LogP contribution in [0.25, 0.3) is 0 Å². The summed E-state index contributed by atoms with van der Waals surface area (Å²) < 4.78 is 5.48. The number of ether oxygens (including phenoxy) is 1. The number of carbonyl (C=O) groups excluding carboxylic acids is 1. The van der Waals surface area contributed by atoms with Gasteiger partial charge in [-0.15, -0.1) is 0 Å². The maximum atomic E-state index is 12.7. The molecule has 2 aliphatic rings. The van der Waals surface area contributed by atoms with Crippen LogP contribution in [0.2, 0.25) is 0 Å². The van der Waals surface area contributed by atoms with Crippen molar-refractivity contribution < 1.29 is 19.4 Å². The molecular formula is C16H19NO4. The number of anilines is 1. The Balaban J connectivity index is 1.89. The van der Waals surface area contributed by atoms with Gasteiger partial charge in [-0.25, -0.2) is 0 Å². The highest BCUT2D eigenvalue weighted by atomic mass is 16.5. The van der Waals surface area contributed by atoms with E-state index in [1.54, 1.807) is 4.90 Å². The van der Waals surface area contributed by atoms with Crippen molar-refractivity contribution in [2.24, 2.45) is 11.8 Å². The van der Waals surface area contributed by atoms with E-state index < -0.39 is 11.9 Å². The molecule has 0 radical (unpaired) electrons. The zero-order valence-electron chi connectivity index (χ0n) is 12.0. The third kappa shape index (κ3) is 2.65. The molecule has 1 aromatic rings. The molecular weight excluding hydrogens is 270 g/mol. The van der Waals surface area contributed by atoms with Crippen LogP contribution in [0.1, 0.15) is 18.9 Å². The molecule has 5 heteroatoms. The van der Waals surface area contributed by atoms with E-state index in [4.69, 9.17) is 4.74 Å². The smallest absolute Gasteiger partial charge is 0.308 e. The molecule has 2 aliphatic heterocycles. The summed E-state index contributed by atoms with van der Waals surface area (Å²) in [7, 11) is 0. The molecule has 3 unspecified atom stereocenters. The van der Waals surface area contributed by atoms with E-state index in [1.165, 1.54) is 0 Å². The highest BCUT2D eigenvalue weighted by Gasteiger charge is 2.37. The molecule has 5 nitrogen and oxygen atoms in total. The summed E-state index contributed by atoms with van der Waals surface area (Å²) in [6.07, 6.45) is 1.27. The minimum atomic E-state index is -0.849. The number of carboxylic acids is 1. The Morgan fingerprint density at radius 3 is 2.71 bits per heavy atom. The van der Waals surface area contributed by atoms with E-state index in [1.807, 2.05) is 31.2 Å². The van der Waals surface area contributed by atoms with Crippen molar-refractivity contribution in [1.82, 2.24) is 0 Å². The molecule has 112 valence electrons. The lowest BCUT2D eigenvalue weighted by molar-refractivity contribution is -0.141. The Morgan fingerprint density at radius 1 is 1.29 bits per heavy atom. The van der Waals surface area contributed by atoms with Gasteiger partial charge in [-0.1, -0.05) is 18.2 Å². The number of nitrogens with zero attached hydrogens (tertiary/aromatic N) is 1. The first-order chi connectivity index (χ1) is 10.1. The summed E-state index contributed by atoms with van der Waals surface area (Å²) in [5.74, 6) is -1.57. The number of hydrogen-bond donors (Lipinski definition) is 1. The van der Waals surface area contributed by atoms with Gasteiger partial charge in [0.15, 0.2) is 0 Å². The first-order valence-electron chi connectivity index (χ1n) is 7.30. The molecule has 0 spiro atoms. The van der Waals surface area contributed by atoms with Crippen LogP contribution >= 0.6 is 0 Å². The quantitative estimate of drug-likeness (QED) is 0.900. The van der Waals surface area contributed by atoms with Crippen molar-refractivity contribution in [3.8, 4) is 0 Å². The van der Waals surface area contributed by atoms with Gasteiger partial charge in [0.05, 0.1) is 24.5 Å². The molecule has 1 amide bonds. The van der Waals surface area contributed by atoms with Crippen LogP contribution in [0.5, 0.6) is 0 Å². The summed E-state index contributed by atoms with van der Waals surface area (Å²) in [5, 5.41) is 9.31. The van der Waals surface area contributed by atoms with Gasteiger partial charge in [0.1, 0.15) is 0 Å². The van der Waals surface area contributed by atoms with Gasteiger partial charge in [-0.05, 0) is 31.4 Å². The van der Waals surface area contributed by atoms with Crippen LogP contribution < -0.4 is 4.90 Å². The number of aliphatic carboxylic acids is 1. The Labute approximate surface area is 123 Å². The predicted octanol–water partition coefficient (Wildman–Crippen LogP) is 1.70. The average Bonchev–Trinajstić information content (AvgIpc) is 2.92. The molecule has 1 aromatic carbocycles. The number of rotatable bonds is 2. The maximum absolute atomic E-state index is 12.7. The minimum absolute atomic E-state index is 0.0160. The molecule has 1 saturated heterocycles. The Hall–Kier alpha value is -1.88. The first kappa shape index (κ1) is 14.1. The van der Waals surface area contributed by atoms with Gasteiger partial charge in [0, 0.05) is 12.2 Å². The standard InChI is InChI=1S/C16H19NO4/c1-10-6-13(9-21-10)15(18)17-8-12(16(19)20)7-11-4-2-3-5-14(11)17/h2-5,10,12-13H,6-9H2,1H3,(H,19,20). The van der Waals surface area contributed by atoms with Crippen molar-refractivity contribution in [3.63, 3.8) is 0 Å². The summed E-state index contributed by atoms with van der Waals surface area (Å²) in [5.41, 5.74) is 1.77. The molecule has 3 rings (SSSR count). The van der Waals surface area contributed by atoms with Gasteiger partial charge in [0.25, 0.3) is 0 Å². The van der Waals surface area contributed by atoms with Crippen LogP contribution in [0.3, 0.4) is 0 Å². The SMILES string of the molecule is CC1CC(C(=O)N2CC(C(=O)O)Cc3ccccc32)CO1. The second-order valence-corrected chi connectivity index (χ2v) is 5.89. The summed E-state index contributed by atoms with van der Waals surface area (Å²) in [6, 6.07) is 7.56. The van der Waals surface area contributed by atoms with E-state index in [2.05, 4.69) is 0 Å². The third-order valence-corrected chi connectivity index (χ3v) is 4.31. The van der Waals surface area contributed by atoms with Crippen LogP contribution in [0.4, 0.5) is 5.69 Å². The number of carbonyl (C=O) groups is 2. The minimum Gasteiger partial charge on any atom is -0.481 e. The van der Waals surface area contributed by atoms with E-state index in [0.717, 1.165) is 11.3 Å². The second-order valence-electron chi connectivity index (χ2n) is 5.89. The Morgan fingerprint density at radius 2 is 2.05 bits per heavy atom. The number of benzene rings is 1. The van der Waals surface area contributed by atoms with Crippen molar-refractivity contribution >= 4 is 17.6 Å². The number of carboxylic acid groups (broad SMARTS) is 1. The molecule has 0 aliphatic carbocycles. The lowest BCUT2D eigenvalue weighted by atomic mass is 9.91. The van der Waals surface area contributed by atoms with Crippen molar-refractivity contribution in [3.05, 3.63) is 29.8 Å². The van der Waals surface area contributed by atoms with Crippen molar-refractivity contribution in [1.29, 1.82) is 0 Å². The fourth-order valence-electron chi connectivity index (χ4n) is 3.18. The molecule has 3 atom stereocenters. The largest absolute Gasteiger partial charge is 0.481 e. The lowest BCUT2D eigenvalue weighted by Gasteiger charge is -2.34. The fraction of sp³-hybridized carbons (Fsp3) is 0.500. The molecule has 0 saturated carbocycles. The van der Waals surface area contributed by atoms with E-state index in [-0.39, 0.29) is 24.5 Å². The Bertz CT molecular complexity index is 571. The van der Waals surface area contributed by atoms with Gasteiger partial charge >= 0.3 is 5.97 Å². The lowest BCUT2D eigenvalue weighted by Crippen LogP contribution is -2.45. The first-order valence-corrected chi connectivity index (χ1v) is 7.30. The van der Waals surface area contributed by atoms with E-state index in [9.17, 15) is 14.7 Å². The zero-order valence-corrected chi connectivity index (χ0v) is 12.0. The maximum Gasteiger partial charge on any atom is 0.308 e. The van der Waals surface area contributed by atoms with Gasteiger partial charge in [-0.2, -0.15) is 0 Å². The summed E-state index contributed by atoms with van der Waals surface area (Å²) in [6.45, 7) is 2.63. The molecule has 0 bridgehead atoms. The van der Waals surface area contributed by atoms with E-state index in [0.29, 0.717) is 19.4 Å².